The van der Waals surface area contributed by atoms with Gasteiger partial charge in [-0.15, -0.1) is 0 Å². The van der Waals surface area contributed by atoms with Crippen molar-refractivity contribution in [3.63, 3.8) is 0 Å². The smallest absolute Gasteiger partial charge is 0.255 e. The fraction of sp³-hybridized carbons (Fsp3) is 0.0714. The van der Waals surface area contributed by atoms with Crippen LogP contribution in [0.25, 0.3) is 0 Å². The number of carbonyl (C=O) groups is 1. The van der Waals surface area contributed by atoms with E-state index in [0.29, 0.717) is 16.3 Å². The number of hydrogen-bond acceptors (Lipinski definition) is 1. The Bertz CT molecular complexity index is 623. The number of benzene rings is 2. The van der Waals surface area contributed by atoms with Crippen molar-refractivity contribution in [3.8, 4) is 0 Å². The highest BCUT2D eigenvalue weighted by Crippen LogP contribution is 2.26. The zero-order valence-corrected chi connectivity index (χ0v) is 13.9. The number of hydrogen-bond donors (Lipinski definition) is 1. The maximum absolute atomic E-state index is 12.2. The van der Waals surface area contributed by atoms with E-state index in [1.54, 1.807) is 24.3 Å². The van der Waals surface area contributed by atoms with E-state index < -0.39 is 0 Å². The van der Waals surface area contributed by atoms with Crippen LogP contribution in [0.1, 0.15) is 15.9 Å². The molecule has 1 amide bonds. The fourth-order valence-electron chi connectivity index (χ4n) is 1.65. The Hall–Kier alpha value is -0.840. The van der Waals surface area contributed by atoms with Crippen molar-refractivity contribution in [1.29, 1.82) is 0 Å². The maximum Gasteiger partial charge on any atom is 0.255 e. The number of anilines is 1. The average molecular weight is 404 g/mol. The topological polar surface area (TPSA) is 29.1 Å². The summed E-state index contributed by atoms with van der Waals surface area (Å²) in [5.41, 5.74) is 2.32. The van der Waals surface area contributed by atoms with Crippen LogP contribution in [0.2, 0.25) is 5.02 Å². The standard InChI is InChI=1S/C14H10Br2ClNO/c1-8-4-9(6-10(15)5-8)14(19)18-13-3-2-11(17)7-12(13)16/h2-7H,1H3,(H,18,19). The first kappa shape index (κ1) is 14.6. The number of aryl methyl sites for hydroxylation is 1. The molecule has 0 aliphatic rings. The third-order valence-electron chi connectivity index (χ3n) is 2.48. The first-order chi connectivity index (χ1) is 8.95. The van der Waals surface area contributed by atoms with Gasteiger partial charge in [-0.25, -0.2) is 0 Å². The van der Waals surface area contributed by atoms with Gasteiger partial charge in [-0.05, 0) is 64.8 Å². The molecule has 0 fully saturated rings. The number of nitrogens with one attached hydrogen (secondary N) is 1. The Morgan fingerprint density at radius 2 is 1.89 bits per heavy atom. The number of carbonyl (C=O) groups excluding carboxylic acids is 1. The van der Waals surface area contributed by atoms with E-state index in [-0.39, 0.29) is 5.91 Å². The molecule has 0 aliphatic heterocycles. The largest absolute Gasteiger partial charge is 0.321 e. The Morgan fingerprint density at radius 1 is 1.16 bits per heavy atom. The molecule has 0 heterocycles. The van der Waals surface area contributed by atoms with Crippen LogP contribution in [-0.2, 0) is 0 Å². The van der Waals surface area contributed by atoms with Crippen LogP contribution in [-0.4, -0.2) is 5.91 Å². The van der Waals surface area contributed by atoms with E-state index in [1.807, 2.05) is 19.1 Å². The normalized spacial score (nSPS) is 10.3. The molecular formula is C14H10Br2ClNO. The first-order valence-corrected chi connectivity index (χ1v) is 7.46. The maximum atomic E-state index is 12.2. The summed E-state index contributed by atoms with van der Waals surface area (Å²) in [6.45, 7) is 1.94. The summed E-state index contributed by atoms with van der Waals surface area (Å²) in [5.74, 6) is -0.160. The van der Waals surface area contributed by atoms with Gasteiger partial charge in [0.25, 0.3) is 5.91 Å². The van der Waals surface area contributed by atoms with Crippen molar-refractivity contribution >= 4 is 55.1 Å². The molecule has 2 aromatic rings. The van der Waals surface area contributed by atoms with Crippen molar-refractivity contribution in [1.82, 2.24) is 0 Å². The van der Waals surface area contributed by atoms with Crippen LogP contribution in [0, 0.1) is 6.92 Å². The predicted molar refractivity (Wildman–Crippen MR) is 86.0 cm³/mol. The first-order valence-electron chi connectivity index (χ1n) is 5.49. The number of amides is 1. The lowest BCUT2D eigenvalue weighted by Gasteiger charge is -2.08. The molecule has 0 atom stereocenters. The van der Waals surface area contributed by atoms with E-state index in [2.05, 4.69) is 37.2 Å². The van der Waals surface area contributed by atoms with Gasteiger partial charge in [0, 0.05) is 19.5 Å². The number of rotatable bonds is 2. The van der Waals surface area contributed by atoms with Gasteiger partial charge in [0.15, 0.2) is 0 Å². The second-order valence-corrected chi connectivity index (χ2v) is 6.30. The van der Waals surface area contributed by atoms with Crippen LogP contribution in [0.15, 0.2) is 45.3 Å². The van der Waals surface area contributed by atoms with Gasteiger partial charge in [-0.2, -0.15) is 0 Å². The van der Waals surface area contributed by atoms with Crippen LogP contribution in [0.5, 0.6) is 0 Å². The minimum atomic E-state index is -0.160. The van der Waals surface area contributed by atoms with Crippen molar-refractivity contribution < 1.29 is 4.79 Å². The third-order valence-corrected chi connectivity index (χ3v) is 3.83. The lowest BCUT2D eigenvalue weighted by Crippen LogP contribution is -2.12. The molecule has 0 radical (unpaired) electrons. The number of halogens is 3. The molecule has 19 heavy (non-hydrogen) atoms. The average Bonchev–Trinajstić information content (AvgIpc) is 2.31. The molecule has 2 aromatic carbocycles. The van der Waals surface area contributed by atoms with Gasteiger partial charge >= 0.3 is 0 Å². The highest BCUT2D eigenvalue weighted by molar-refractivity contribution is 9.10. The van der Waals surface area contributed by atoms with E-state index in [1.165, 1.54) is 0 Å². The zero-order valence-electron chi connectivity index (χ0n) is 10.0. The second kappa shape index (κ2) is 6.07. The monoisotopic (exact) mass is 401 g/mol. The minimum Gasteiger partial charge on any atom is -0.321 e. The van der Waals surface area contributed by atoms with Gasteiger partial charge in [0.05, 0.1) is 5.69 Å². The van der Waals surface area contributed by atoms with Crippen molar-refractivity contribution in [3.05, 3.63) is 61.5 Å². The Labute approximate surface area is 133 Å². The Kier molecular flexibility index (Phi) is 4.66. The summed E-state index contributed by atoms with van der Waals surface area (Å²) in [6, 6.07) is 10.8. The molecule has 0 aromatic heterocycles. The summed E-state index contributed by atoms with van der Waals surface area (Å²) >= 11 is 12.6. The van der Waals surface area contributed by atoms with E-state index in [0.717, 1.165) is 14.5 Å². The summed E-state index contributed by atoms with van der Waals surface area (Å²) in [4.78, 5) is 12.2. The highest BCUT2D eigenvalue weighted by atomic mass is 79.9. The van der Waals surface area contributed by atoms with Crippen molar-refractivity contribution in [2.45, 2.75) is 6.92 Å². The molecule has 5 heteroatoms. The van der Waals surface area contributed by atoms with Crippen LogP contribution < -0.4 is 5.32 Å². The quantitative estimate of drug-likeness (QED) is 0.712. The van der Waals surface area contributed by atoms with E-state index >= 15 is 0 Å². The third kappa shape index (κ3) is 3.81. The molecule has 0 spiro atoms. The highest BCUT2D eigenvalue weighted by Gasteiger charge is 2.09. The molecule has 0 aliphatic carbocycles. The molecule has 2 rings (SSSR count). The molecule has 0 saturated carbocycles. The minimum absolute atomic E-state index is 0.160. The molecule has 2 nitrogen and oxygen atoms in total. The Morgan fingerprint density at radius 3 is 2.53 bits per heavy atom. The van der Waals surface area contributed by atoms with Crippen molar-refractivity contribution in [2.75, 3.05) is 5.32 Å². The van der Waals surface area contributed by atoms with Crippen LogP contribution in [0.4, 0.5) is 5.69 Å². The van der Waals surface area contributed by atoms with Gasteiger partial charge in [0.1, 0.15) is 0 Å². The summed E-state index contributed by atoms with van der Waals surface area (Å²) in [5, 5.41) is 3.46. The Balaban J connectivity index is 2.25. The SMILES string of the molecule is Cc1cc(Br)cc(C(=O)Nc2ccc(Cl)cc2Br)c1. The summed E-state index contributed by atoms with van der Waals surface area (Å²) < 4.78 is 1.63. The van der Waals surface area contributed by atoms with Gasteiger partial charge in [0.2, 0.25) is 0 Å². The van der Waals surface area contributed by atoms with E-state index in [9.17, 15) is 4.79 Å². The van der Waals surface area contributed by atoms with Gasteiger partial charge in [-0.3, -0.25) is 4.79 Å². The van der Waals surface area contributed by atoms with Gasteiger partial charge in [-0.1, -0.05) is 27.5 Å². The predicted octanol–water partition coefficient (Wildman–Crippen LogP) is 5.43. The molecule has 98 valence electrons. The van der Waals surface area contributed by atoms with Crippen molar-refractivity contribution in [2.24, 2.45) is 0 Å². The van der Waals surface area contributed by atoms with Crippen LogP contribution >= 0.6 is 43.5 Å². The van der Waals surface area contributed by atoms with Crippen LogP contribution in [0.3, 0.4) is 0 Å². The van der Waals surface area contributed by atoms with Gasteiger partial charge < -0.3 is 5.32 Å². The summed E-state index contributed by atoms with van der Waals surface area (Å²) in [7, 11) is 0. The molecule has 0 bridgehead atoms. The molecular weight excluding hydrogens is 393 g/mol. The van der Waals surface area contributed by atoms with E-state index in [4.69, 9.17) is 11.6 Å². The second-order valence-electron chi connectivity index (χ2n) is 4.10. The fourth-order valence-corrected chi connectivity index (χ4v) is 3.04. The lowest BCUT2D eigenvalue weighted by molar-refractivity contribution is 0.102. The zero-order chi connectivity index (χ0) is 14.0. The molecule has 0 saturated heterocycles. The summed E-state index contributed by atoms with van der Waals surface area (Å²) in [6.07, 6.45) is 0. The molecule has 1 N–H and O–H groups in total. The molecule has 0 unspecified atom stereocenters. The lowest BCUT2D eigenvalue weighted by atomic mass is 10.1.